The second-order valence-corrected chi connectivity index (χ2v) is 4.86. The van der Waals surface area contributed by atoms with Gasteiger partial charge >= 0.3 is 0 Å². The Balaban J connectivity index is 1.81. The van der Waals surface area contributed by atoms with E-state index in [1.165, 1.54) is 0 Å². The molecule has 1 fully saturated rings. The Bertz CT molecular complexity index is 413. The molecule has 2 rings (SSSR count). The summed E-state index contributed by atoms with van der Waals surface area (Å²) in [5.74, 6) is 0.231. The molecule has 3 N–H and O–H groups in total. The third-order valence-electron chi connectivity index (χ3n) is 3.11. The van der Waals surface area contributed by atoms with Crippen LogP contribution in [0, 0.1) is 0 Å². The van der Waals surface area contributed by atoms with Crippen LogP contribution in [0.5, 0.6) is 5.75 Å². The standard InChI is InChI=1S/C14H20N2O3/c1-10(8-11-2-4-12(17)5-3-11)16-14(18)13-9-19-7-6-15-13/h2-5,10,13,15,17H,6-9H2,1H3,(H,16,18)/t10?,13-/m0/s1. The van der Waals surface area contributed by atoms with Gasteiger partial charge in [-0.25, -0.2) is 0 Å². The number of amides is 1. The van der Waals surface area contributed by atoms with E-state index in [-0.39, 0.29) is 23.7 Å². The highest BCUT2D eigenvalue weighted by atomic mass is 16.5. The molecule has 5 nitrogen and oxygen atoms in total. The van der Waals surface area contributed by atoms with Gasteiger partial charge in [-0.15, -0.1) is 0 Å². The average molecular weight is 264 g/mol. The van der Waals surface area contributed by atoms with Crippen LogP contribution in [0.15, 0.2) is 24.3 Å². The number of carbonyl (C=O) groups is 1. The van der Waals surface area contributed by atoms with Gasteiger partial charge in [0.25, 0.3) is 0 Å². The van der Waals surface area contributed by atoms with E-state index >= 15 is 0 Å². The molecule has 1 amide bonds. The summed E-state index contributed by atoms with van der Waals surface area (Å²) in [7, 11) is 0. The zero-order valence-electron chi connectivity index (χ0n) is 11.1. The monoisotopic (exact) mass is 264 g/mol. The fourth-order valence-electron chi connectivity index (χ4n) is 2.11. The summed E-state index contributed by atoms with van der Waals surface area (Å²) in [5.41, 5.74) is 1.08. The first-order chi connectivity index (χ1) is 9.15. The fraction of sp³-hybridized carbons (Fsp3) is 0.500. The second kappa shape index (κ2) is 6.54. The molecule has 0 bridgehead atoms. The minimum atomic E-state index is -0.254. The minimum Gasteiger partial charge on any atom is -0.508 e. The lowest BCUT2D eigenvalue weighted by Gasteiger charge is -2.24. The number of benzene rings is 1. The quantitative estimate of drug-likeness (QED) is 0.737. The number of morpholine rings is 1. The zero-order valence-corrected chi connectivity index (χ0v) is 11.1. The molecule has 0 radical (unpaired) electrons. The van der Waals surface area contributed by atoms with Crippen LogP contribution in [-0.4, -0.2) is 42.9 Å². The Morgan fingerprint density at radius 1 is 1.53 bits per heavy atom. The molecule has 1 aliphatic rings. The van der Waals surface area contributed by atoms with E-state index in [0.717, 1.165) is 12.0 Å². The molecule has 1 unspecified atom stereocenters. The fourth-order valence-corrected chi connectivity index (χ4v) is 2.11. The van der Waals surface area contributed by atoms with Crippen molar-refractivity contribution in [1.29, 1.82) is 0 Å². The van der Waals surface area contributed by atoms with Gasteiger partial charge in [0.05, 0.1) is 13.2 Å². The summed E-state index contributed by atoms with van der Waals surface area (Å²) in [4.78, 5) is 12.0. The number of rotatable bonds is 4. The molecule has 1 aromatic rings. The highest BCUT2D eigenvalue weighted by Gasteiger charge is 2.22. The van der Waals surface area contributed by atoms with E-state index in [0.29, 0.717) is 19.8 Å². The van der Waals surface area contributed by atoms with Gasteiger partial charge in [-0.3, -0.25) is 4.79 Å². The molecule has 0 saturated carbocycles. The van der Waals surface area contributed by atoms with E-state index in [4.69, 9.17) is 4.74 Å². The molecule has 0 spiro atoms. The van der Waals surface area contributed by atoms with Crippen LogP contribution < -0.4 is 10.6 Å². The largest absolute Gasteiger partial charge is 0.508 e. The maximum Gasteiger partial charge on any atom is 0.239 e. The third-order valence-corrected chi connectivity index (χ3v) is 3.11. The smallest absolute Gasteiger partial charge is 0.239 e. The minimum absolute atomic E-state index is 0.0222. The summed E-state index contributed by atoms with van der Waals surface area (Å²) >= 11 is 0. The van der Waals surface area contributed by atoms with Gasteiger partial charge < -0.3 is 20.5 Å². The van der Waals surface area contributed by atoms with Gasteiger partial charge in [0.2, 0.25) is 5.91 Å². The van der Waals surface area contributed by atoms with Crippen LogP contribution in [0.4, 0.5) is 0 Å². The Hall–Kier alpha value is -1.59. The van der Waals surface area contributed by atoms with Crippen molar-refractivity contribution in [2.24, 2.45) is 0 Å². The molecule has 2 atom stereocenters. The number of aromatic hydroxyl groups is 1. The number of ether oxygens (including phenoxy) is 1. The average Bonchev–Trinajstić information content (AvgIpc) is 2.42. The third kappa shape index (κ3) is 4.22. The van der Waals surface area contributed by atoms with Crippen LogP contribution >= 0.6 is 0 Å². The molecule has 19 heavy (non-hydrogen) atoms. The number of hydrogen-bond donors (Lipinski definition) is 3. The Labute approximate surface area is 113 Å². The lowest BCUT2D eigenvalue weighted by Crippen LogP contribution is -2.53. The van der Waals surface area contributed by atoms with Gasteiger partial charge in [-0.2, -0.15) is 0 Å². The van der Waals surface area contributed by atoms with Crippen molar-refractivity contribution in [2.75, 3.05) is 19.8 Å². The summed E-state index contributed by atoms with van der Waals surface area (Å²) in [5, 5.41) is 15.3. The van der Waals surface area contributed by atoms with Crippen molar-refractivity contribution in [3.8, 4) is 5.75 Å². The summed E-state index contributed by atoms with van der Waals surface area (Å²) in [6.45, 7) is 3.77. The highest BCUT2D eigenvalue weighted by molar-refractivity contribution is 5.82. The van der Waals surface area contributed by atoms with Gasteiger partial charge in [-0.1, -0.05) is 12.1 Å². The van der Waals surface area contributed by atoms with Gasteiger partial charge in [0, 0.05) is 12.6 Å². The Morgan fingerprint density at radius 3 is 2.89 bits per heavy atom. The van der Waals surface area contributed by atoms with Crippen LogP contribution in [0.25, 0.3) is 0 Å². The second-order valence-electron chi connectivity index (χ2n) is 4.86. The van der Waals surface area contributed by atoms with Crippen molar-refractivity contribution in [3.05, 3.63) is 29.8 Å². The molecule has 1 heterocycles. The lowest BCUT2D eigenvalue weighted by molar-refractivity contribution is -0.126. The number of carbonyl (C=O) groups excluding carboxylic acids is 1. The van der Waals surface area contributed by atoms with Crippen LogP contribution in [0.1, 0.15) is 12.5 Å². The van der Waals surface area contributed by atoms with E-state index in [2.05, 4.69) is 10.6 Å². The van der Waals surface area contributed by atoms with Crippen LogP contribution in [0.3, 0.4) is 0 Å². The number of hydrogen-bond acceptors (Lipinski definition) is 4. The van der Waals surface area contributed by atoms with Gasteiger partial charge in [0.15, 0.2) is 0 Å². The molecule has 5 heteroatoms. The maximum absolute atomic E-state index is 12.0. The molecule has 104 valence electrons. The van der Waals surface area contributed by atoms with E-state index < -0.39 is 0 Å². The predicted octanol–water partition coefficient (Wildman–Crippen LogP) is 0.428. The normalized spacial score (nSPS) is 20.8. The molecular weight excluding hydrogens is 244 g/mol. The van der Waals surface area contributed by atoms with Crippen molar-refractivity contribution in [2.45, 2.75) is 25.4 Å². The molecule has 1 saturated heterocycles. The molecule has 1 aliphatic heterocycles. The van der Waals surface area contributed by atoms with Crippen molar-refractivity contribution < 1.29 is 14.6 Å². The van der Waals surface area contributed by atoms with Crippen molar-refractivity contribution >= 4 is 5.91 Å². The van der Waals surface area contributed by atoms with Crippen LogP contribution in [-0.2, 0) is 16.0 Å². The van der Waals surface area contributed by atoms with Crippen LogP contribution in [0.2, 0.25) is 0 Å². The highest BCUT2D eigenvalue weighted by Crippen LogP contribution is 2.11. The van der Waals surface area contributed by atoms with E-state index in [9.17, 15) is 9.90 Å². The van der Waals surface area contributed by atoms with Crippen molar-refractivity contribution in [3.63, 3.8) is 0 Å². The Morgan fingerprint density at radius 2 is 2.26 bits per heavy atom. The zero-order chi connectivity index (χ0) is 13.7. The first kappa shape index (κ1) is 13.8. The molecule has 0 aromatic heterocycles. The summed E-state index contributed by atoms with van der Waals surface area (Å²) in [6, 6.07) is 6.82. The first-order valence-electron chi connectivity index (χ1n) is 6.54. The van der Waals surface area contributed by atoms with Gasteiger partial charge in [0.1, 0.15) is 11.8 Å². The number of phenols is 1. The first-order valence-corrected chi connectivity index (χ1v) is 6.54. The Kier molecular flexibility index (Phi) is 4.76. The molecule has 0 aliphatic carbocycles. The summed E-state index contributed by atoms with van der Waals surface area (Å²) in [6.07, 6.45) is 0.736. The molecule has 1 aromatic carbocycles. The van der Waals surface area contributed by atoms with E-state index in [1.54, 1.807) is 12.1 Å². The maximum atomic E-state index is 12.0. The van der Waals surface area contributed by atoms with Gasteiger partial charge in [-0.05, 0) is 31.0 Å². The number of nitrogens with one attached hydrogen (secondary N) is 2. The van der Waals surface area contributed by atoms with E-state index in [1.807, 2.05) is 19.1 Å². The lowest BCUT2D eigenvalue weighted by atomic mass is 10.1. The topological polar surface area (TPSA) is 70.6 Å². The predicted molar refractivity (Wildman–Crippen MR) is 72.0 cm³/mol. The molecular formula is C14H20N2O3. The van der Waals surface area contributed by atoms with Crippen molar-refractivity contribution in [1.82, 2.24) is 10.6 Å². The summed E-state index contributed by atoms with van der Waals surface area (Å²) < 4.78 is 5.27. The number of phenolic OH excluding ortho intramolecular Hbond substituents is 1. The SMILES string of the molecule is CC(Cc1ccc(O)cc1)NC(=O)[C@@H]1COCCN1.